The van der Waals surface area contributed by atoms with Crippen molar-refractivity contribution >= 4 is 11.8 Å². The lowest BCUT2D eigenvalue weighted by atomic mass is 10.0. The first-order valence-corrected chi connectivity index (χ1v) is 9.63. The lowest BCUT2D eigenvalue weighted by molar-refractivity contribution is -0.132. The van der Waals surface area contributed by atoms with Crippen molar-refractivity contribution in [3.63, 3.8) is 0 Å². The highest BCUT2D eigenvalue weighted by molar-refractivity contribution is 5.77. The van der Waals surface area contributed by atoms with Crippen molar-refractivity contribution in [3.05, 3.63) is 29.6 Å². The van der Waals surface area contributed by atoms with Crippen LogP contribution in [0.2, 0.25) is 0 Å². The largest absolute Gasteiger partial charge is 0.351 e. The van der Waals surface area contributed by atoms with Gasteiger partial charge in [0, 0.05) is 19.9 Å². The van der Waals surface area contributed by atoms with Gasteiger partial charge in [-0.05, 0) is 37.3 Å². The van der Waals surface area contributed by atoms with E-state index in [0.717, 1.165) is 43.1 Å². The number of nitrogens with zero attached hydrogens (tertiary/aromatic N) is 2. The third kappa shape index (κ3) is 4.80. The Labute approximate surface area is 150 Å². The maximum atomic E-state index is 12.7. The first-order chi connectivity index (χ1) is 12.1. The van der Waals surface area contributed by atoms with Crippen LogP contribution in [0.1, 0.15) is 75.7 Å². The molecule has 0 bridgehead atoms. The highest BCUT2D eigenvalue weighted by Crippen LogP contribution is 2.33. The summed E-state index contributed by atoms with van der Waals surface area (Å²) in [4.78, 5) is 30.5. The van der Waals surface area contributed by atoms with Crippen molar-refractivity contribution in [2.45, 2.75) is 70.9 Å². The van der Waals surface area contributed by atoms with Crippen LogP contribution in [0.25, 0.3) is 0 Å². The van der Waals surface area contributed by atoms with E-state index in [1.54, 1.807) is 0 Å². The van der Waals surface area contributed by atoms with Crippen molar-refractivity contribution in [2.75, 3.05) is 6.54 Å². The molecule has 2 amide bonds. The molecule has 1 saturated heterocycles. The molecule has 2 heterocycles. The van der Waals surface area contributed by atoms with Gasteiger partial charge in [-0.25, -0.2) is 0 Å². The first kappa shape index (κ1) is 17.9. The van der Waals surface area contributed by atoms with Crippen LogP contribution in [-0.4, -0.2) is 28.2 Å². The number of rotatable bonds is 6. The maximum Gasteiger partial charge on any atom is 0.223 e. The predicted molar refractivity (Wildman–Crippen MR) is 96.6 cm³/mol. The summed E-state index contributed by atoms with van der Waals surface area (Å²) in [5.41, 5.74) is 1.80. The first-order valence-electron chi connectivity index (χ1n) is 9.63. The fraction of sp³-hybridized carbons (Fsp3) is 0.650. The average Bonchev–Trinajstić information content (AvgIpc) is 3.29. The van der Waals surface area contributed by atoms with E-state index in [2.05, 4.69) is 10.3 Å². The smallest absolute Gasteiger partial charge is 0.223 e. The molecule has 3 rings (SSSR count). The predicted octanol–water partition coefficient (Wildman–Crippen LogP) is 3.35. The molecule has 25 heavy (non-hydrogen) atoms. The van der Waals surface area contributed by atoms with Crippen LogP contribution in [-0.2, 0) is 16.1 Å². The minimum atomic E-state index is -0.0585. The van der Waals surface area contributed by atoms with Crippen LogP contribution in [0.15, 0.2) is 18.2 Å². The molecule has 1 N–H and O–H groups in total. The van der Waals surface area contributed by atoms with Gasteiger partial charge in [-0.3, -0.25) is 14.6 Å². The minimum absolute atomic E-state index is 0.0585. The number of aromatic nitrogens is 1. The van der Waals surface area contributed by atoms with E-state index in [1.807, 2.05) is 23.1 Å². The van der Waals surface area contributed by atoms with Gasteiger partial charge in [0.05, 0.1) is 24.0 Å². The van der Waals surface area contributed by atoms with E-state index in [-0.39, 0.29) is 17.9 Å². The molecule has 2 aliphatic rings. The van der Waals surface area contributed by atoms with E-state index in [4.69, 9.17) is 0 Å². The molecule has 1 aliphatic carbocycles. The Morgan fingerprint density at radius 2 is 2.00 bits per heavy atom. The zero-order chi connectivity index (χ0) is 17.6. The Bertz CT molecular complexity index is 611. The van der Waals surface area contributed by atoms with Crippen molar-refractivity contribution in [3.8, 4) is 0 Å². The summed E-state index contributed by atoms with van der Waals surface area (Å²) in [7, 11) is 0. The summed E-state index contributed by atoms with van der Waals surface area (Å²) in [6.07, 6.45) is 8.98. The molecular weight excluding hydrogens is 314 g/mol. The molecule has 5 nitrogen and oxygen atoms in total. The SMILES string of the molecule is CC(=O)NCc1cccc([C@@H]2CCCN2C(=O)CCC2CCCC2)n1. The Hall–Kier alpha value is -1.91. The molecule has 0 spiro atoms. The second kappa shape index (κ2) is 8.45. The van der Waals surface area contributed by atoms with Crippen molar-refractivity contribution in [2.24, 2.45) is 5.92 Å². The van der Waals surface area contributed by atoms with Crippen LogP contribution >= 0.6 is 0 Å². The molecule has 1 saturated carbocycles. The molecular formula is C20H29N3O2. The van der Waals surface area contributed by atoms with Crippen molar-refractivity contribution in [1.29, 1.82) is 0 Å². The van der Waals surface area contributed by atoms with Crippen LogP contribution < -0.4 is 5.32 Å². The molecule has 1 atom stereocenters. The Morgan fingerprint density at radius 3 is 2.76 bits per heavy atom. The van der Waals surface area contributed by atoms with Gasteiger partial charge in [-0.1, -0.05) is 31.7 Å². The topological polar surface area (TPSA) is 62.3 Å². The molecule has 0 radical (unpaired) electrons. The van der Waals surface area contributed by atoms with Crippen LogP contribution in [0.5, 0.6) is 0 Å². The van der Waals surface area contributed by atoms with Crippen molar-refractivity contribution < 1.29 is 9.59 Å². The highest BCUT2D eigenvalue weighted by Gasteiger charge is 2.31. The van der Waals surface area contributed by atoms with E-state index in [9.17, 15) is 9.59 Å². The molecule has 1 aromatic rings. The van der Waals surface area contributed by atoms with Crippen molar-refractivity contribution in [1.82, 2.24) is 15.2 Å². The Morgan fingerprint density at radius 1 is 1.20 bits per heavy atom. The van der Waals surface area contributed by atoms with E-state index < -0.39 is 0 Å². The third-order valence-electron chi connectivity index (χ3n) is 5.50. The molecule has 1 aromatic heterocycles. The van der Waals surface area contributed by atoms with Crippen LogP contribution in [0.4, 0.5) is 0 Å². The molecule has 1 aliphatic heterocycles. The average molecular weight is 343 g/mol. The molecule has 5 heteroatoms. The highest BCUT2D eigenvalue weighted by atomic mass is 16.2. The van der Waals surface area contributed by atoms with Gasteiger partial charge in [0.25, 0.3) is 0 Å². The summed E-state index contributed by atoms with van der Waals surface area (Å²) in [5.74, 6) is 0.976. The Kier molecular flexibility index (Phi) is 6.05. The monoisotopic (exact) mass is 343 g/mol. The quantitative estimate of drug-likeness (QED) is 0.861. The zero-order valence-corrected chi connectivity index (χ0v) is 15.2. The summed E-state index contributed by atoms with van der Waals surface area (Å²) >= 11 is 0. The van der Waals surface area contributed by atoms with Gasteiger partial charge in [-0.15, -0.1) is 0 Å². The fourth-order valence-corrected chi connectivity index (χ4v) is 4.14. The minimum Gasteiger partial charge on any atom is -0.351 e. The summed E-state index contributed by atoms with van der Waals surface area (Å²) in [6.45, 7) is 2.78. The third-order valence-corrected chi connectivity index (χ3v) is 5.50. The summed E-state index contributed by atoms with van der Waals surface area (Å²) in [6, 6.07) is 5.98. The number of carbonyl (C=O) groups excluding carboxylic acids is 2. The standard InChI is InChI=1S/C20H29N3O2/c1-15(24)21-14-17-8-4-9-18(22-17)19-10-5-13-23(19)20(25)12-11-16-6-2-3-7-16/h4,8-9,16,19H,2-3,5-7,10-14H2,1H3,(H,21,24)/t19-/m0/s1. The number of likely N-dealkylation sites (tertiary alicyclic amines) is 1. The maximum absolute atomic E-state index is 12.7. The number of carbonyl (C=O) groups is 2. The van der Waals surface area contributed by atoms with E-state index >= 15 is 0 Å². The molecule has 2 fully saturated rings. The zero-order valence-electron chi connectivity index (χ0n) is 15.2. The normalized spacial score (nSPS) is 20.8. The number of nitrogens with one attached hydrogen (secondary N) is 1. The molecule has 0 unspecified atom stereocenters. The summed E-state index contributed by atoms with van der Waals surface area (Å²) in [5, 5.41) is 2.78. The number of pyridine rings is 1. The lowest BCUT2D eigenvalue weighted by Gasteiger charge is -2.25. The van der Waals surface area contributed by atoms with Gasteiger partial charge >= 0.3 is 0 Å². The van der Waals surface area contributed by atoms with Gasteiger partial charge in [0.2, 0.25) is 11.8 Å². The molecule has 0 aromatic carbocycles. The number of hydrogen-bond acceptors (Lipinski definition) is 3. The number of amides is 2. The number of hydrogen-bond donors (Lipinski definition) is 1. The van der Waals surface area contributed by atoms with E-state index in [0.29, 0.717) is 13.0 Å². The van der Waals surface area contributed by atoms with E-state index in [1.165, 1.54) is 32.6 Å². The van der Waals surface area contributed by atoms with Crippen LogP contribution in [0, 0.1) is 5.92 Å². The van der Waals surface area contributed by atoms with Gasteiger partial charge in [-0.2, -0.15) is 0 Å². The van der Waals surface area contributed by atoms with Gasteiger partial charge in [0.15, 0.2) is 0 Å². The lowest BCUT2D eigenvalue weighted by Crippen LogP contribution is -2.31. The van der Waals surface area contributed by atoms with Gasteiger partial charge < -0.3 is 10.2 Å². The fourth-order valence-electron chi connectivity index (χ4n) is 4.14. The second-order valence-corrected chi connectivity index (χ2v) is 7.40. The van der Waals surface area contributed by atoms with Gasteiger partial charge in [0.1, 0.15) is 0 Å². The second-order valence-electron chi connectivity index (χ2n) is 7.40. The van der Waals surface area contributed by atoms with Crippen LogP contribution in [0.3, 0.4) is 0 Å². The summed E-state index contributed by atoms with van der Waals surface area (Å²) < 4.78 is 0. The molecule has 136 valence electrons. The Balaban J connectivity index is 1.61.